The van der Waals surface area contributed by atoms with Gasteiger partial charge in [0.25, 0.3) is 10.0 Å². The Labute approximate surface area is 184 Å². The van der Waals surface area contributed by atoms with Crippen LogP contribution in [0.25, 0.3) is 11.0 Å². The Bertz CT molecular complexity index is 1400. The summed E-state index contributed by atoms with van der Waals surface area (Å²) < 4.78 is 28.8. The van der Waals surface area contributed by atoms with Gasteiger partial charge >= 0.3 is 5.69 Å². The first-order chi connectivity index (χ1) is 15.3. The van der Waals surface area contributed by atoms with E-state index in [1.807, 2.05) is 24.3 Å². The van der Waals surface area contributed by atoms with E-state index in [4.69, 9.17) is 0 Å². The second-order valence-electron chi connectivity index (χ2n) is 8.13. The molecule has 9 nitrogen and oxygen atoms in total. The lowest BCUT2D eigenvalue weighted by molar-refractivity contribution is -0.133. The van der Waals surface area contributed by atoms with Crippen LogP contribution < -0.4 is 10.4 Å². The third-order valence-electron chi connectivity index (χ3n) is 6.11. The standard InChI is InChI=1S/C22H23N5O4S/c1-14(23-20-16-6-2-5-9-19(16)32(30,31)25-20)21(28)26-12-10-15(11-13-26)27-18-8-4-3-7-17(18)24-22(27)29/h2-9,14-15H,10-13H2,1H3,(H,23,25)(H,24,29)/t14-/m1/s1. The topological polar surface area (TPSA) is 117 Å². The number of amidine groups is 1. The molecule has 0 unspecified atom stereocenters. The average molecular weight is 454 g/mol. The molecule has 1 aromatic heterocycles. The second kappa shape index (κ2) is 7.63. The highest BCUT2D eigenvalue weighted by Crippen LogP contribution is 2.26. The van der Waals surface area contributed by atoms with E-state index in [0.717, 1.165) is 11.0 Å². The van der Waals surface area contributed by atoms with Crippen LogP contribution in [0.4, 0.5) is 0 Å². The summed E-state index contributed by atoms with van der Waals surface area (Å²) in [6.45, 7) is 2.68. The van der Waals surface area contributed by atoms with Crippen LogP contribution in [0.5, 0.6) is 0 Å². The van der Waals surface area contributed by atoms with Gasteiger partial charge in [-0.05, 0) is 44.0 Å². The smallest absolute Gasteiger partial charge is 0.326 e. The summed E-state index contributed by atoms with van der Waals surface area (Å²) >= 11 is 0. The van der Waals surface area contributed by atoms with Gasteiger partial charge in [0.05, 0.1) is 15.9 Å². The fraction of sp³-hybridized carbons (Fsp3) is 0.318. The van der Waals surface area contributed by atoms with E-state index in [0.29, 0.717) is 31.5 Å². The number of nitrogens with one attached hydrogen (secondary N) is 2. The number of likely N-dealkylation sites (tertiary alicyclic amines) is 1. The highest BCUT2D eigenvalue weighted by Gasteiger charge is 2.33. The number of piperidine rings is 1. The molecule has 1 atom stereocenters. The number of benzene rings is 2. The molecule has 1 amide bonds. The fourth-order valence-corrected chi connectivity index (χ4v) is 5.76. The van der Waals surface area contributed by atoms with Crippen LogP contribution in [0.1, 0.15) is 31.4 Å². The molecule has 3 aromatic rings. The Kier molecular flexibility index (Phi) is 4.89. The number of fused-ring (bicyclic) bond motifs is 2. The third-order valence-corrected chi connectivity index (χ3v) is 7.51. The number of sulfonamides is 1. The predicted octanol–water partition coefficient (Wildman–Crippen LogP) is 1.62. The number of nitrogens with zero attached hydrogens (tertiary/aromatic N) is 3. The van der Waals surface area contributed by atoms with Crippen molar-refractivity contribution in [2.75, 3.05) is 13.1 Å². The number of hydrogen-bond donors (Lipinski definition) is 2. The molecular weight excluding hydrogens is 430 g/mol. The zero-order valence-electron chi connectivity index (χ0n) is 17.5. The van der Waals surface area contributed by atoms with Gasteiger partial charge in [0.1, 0.15) is 11.9 Å². The second-order valence-corrected chi connectivity index (χ2v) is 9.78. The van der Waals surface area contributed by atoms with Crippen molar-refractivity contribution in [3.8, 4) is 0 Å². The highest BCUT2D eigenvalue weighted by atomic mass is 32.2. The lowest BCUT2D eigenvalue weighted by Crippen LogP contribution is -2.44. The maximum atomic E-state index is 13.0. The third kappa shape index (κ3) is 3.40. The molecule has 10 heteroatoms. The number of amides is 1. The molecule has 1 saturated heterocycles. The van der Waals surface area contributed by atoms with Crippen molar-refractivity contribution in [3.05, 3.63) is 64.6 Å². The molecule has 2 N–H and O–H groups in total. The van der Waals surface area contributed by atoms with Crippen LogP contribution in [-0.2, 0) is 14.8 Å². The van der Waals surface area contributed by atoms with E-state index >= 15 is 0 Å². The van der Waals surface area contributed by atoms with Gasteiger partial charge in [-0.15, -0.1) is 0 Å². The van der Waals surface area contributed by atoms with Crippen molar-refractivity contribution in [2.45, 2.75) is 36.7 Å². The molecule has 3 heterocycles. The van der Waals surface area contributed by atoms with Crippen LogP contribution in [0.15, 0.2) is 63.2 Å². The molecule has 32 heavy (non-hydrogen) atoms. The molecule has 2 aliphatic rings. The number of hydrogen-bond acceptors (Lipinski definition) is 5. The molecule has 5 rings (SSSR count). The summed E-state index contributed by atoms with van der Waals surface area (Å²) in [4.78, 5) is 34.6. The van der Waals surface area contributed by atoms with Crippen molar-refractivity contribution in [3.63, 3.8) is 0 Å². The molecule has 2 aliphatic heterocycles. The number of imidazole rings is 1. The van der Waals surface area contributed by atoms with Gasteiger partial charge in [-0.1, -0.05) is 24.3 Å². The first-order valence-electron chi connectivity index (χ1n) is 10.5. The SMILES string of the molecule is C[C@@H](N=C1NS(=O)(=O)c2ccccc21)C(=O)N1CCC(n2c(=O)[nH]c3ccccc32)CC1. The number of aromatic amines is 1. The van der Waals surface area contributed by atoms with E-state index in [1.54, 1.807) is 34.6 Å². The number of H-pyrrole nitrogens is 1. The Morgan fingerprint density at radius 2 is 1.78 bits per heavy atom. The van der Waals surface area contributed by atoms with Crippen LogP contribution >= 0.6 is 0 Å². The molecule has 0 saturated carbocycles. The van der Waals surface area contributed by atoms with Gasteiger partial charge in [0.2, 0.25) is 5.91 Å². The molecule has 2 aromatic carbocycles. The summed E-state index contributed by atoms with van der Waals surface area (Å²) in [7, 11) is -3.65. The number of carbonyl (C=O) groups is 1. The van der Waals surface area contributed by atoms with Crippen molar-refractivity contribution in [2.24, 2.45) is 4.99 Å². The normalized spacial score (nSPS) is 20.3. The van der Waals surface area contributed by atoms with Crippen molar-refractivity contribution < 1.29 is 13.2 Å². The number of aliphatic imine (C=N–C) groups is 1. The fourth-order valence-electron chi connectivity index (χ4n) is 4.52. The molecule has 0 spiro atoms. The molecule has 0 radical (unpaired) electrons. The van der Waals surface area contributed by atoms with Gasteiger partial charge < -0.3 is 9.88 Å². The summed E-state index contributed by atoms with van der Waals surface area (Å²) in [5, 5.41) is 0. The minimum Gasteiger partial charge on any atom is -0.341 e. The predicted molar refractivity (Wildman–Crippen MR) is 120 cm³/mol. The first-order valence-corrected chi connectivity index (χ1v) is 12.0. The maximum Gasteiger partial charge on any atom is 0.326 e. The van der Waals surface area contributed by atoms with E-state index < -0.39 is 16.1 Å². The number of aromatic nitrogens is 2. The molecule has 1 fully saturated rings. The zero-order valence-corrected chi connectivity index (χ0v) is 18.3. The van der Waals surface area contributed by atoms with Gasteiger partial charge in [0, 0.05) is 24.7 Å². The van der Waals surface area contributed by atoms with Crippen LogP contribution in [0.2, 0.25) is 0 Å². The highest BCUT2D eigenvalue weighted by molar-refractivity contribution is 7.90. The summed E-state index contributed by atoms with van der Waals surface area (Å²) in [5.41, 5.74) is 2.02. The molecular formula is C22H23N5O4S. The minimum absolute atomic E-state index is 0.0119. The van der Waals surface area contributed by atoms with Gasteiger partial charge in [-0.2, -0.15) is 0 Å². The van der Waals surface area contributed by atoms with Crippen LogP contribution in [0, 0.1) is 0 Å². The number of rotatable bonds is 3. The summed E-state index contributed by atoms with van der Waals surface area (Å²) in [5.74, 6) is 0.0347. The average Bonchev–Trinajstić information content (AvgIpc) is 3.26. The van der Waals surface area contributed by atoms with Crippen molar-refractivity contribution in [1.82, 2.24) is 19.2 Å². The molecule has 166 valence electrons. The van der Waals surface area contributed by atoms with Crippen LogP contribution in [0.3, 0.4) is 0 Å². The lowest BCUT2D eigenvalue weighted by atomic mass is 10.0. The van der Waals surface area contributed by atoms with E-state index in [1.165, 1.54) is 6.07 Å². The summed E-state index contributed by atoms with van der Waals surface area (Å²) in [6.07, 6.45) is 1.32. The number of carbonyl (C=O) groups excluding carboxylic acids is 1. The van der Waals surface area contributed by atoms with E-state index in [-0.39, 0.29) is 28.4 Å². The van der Waals surface area contributed by atoms with Crippen molar-refractivity contribution in [1.29, 1.82) is 0 Å². The Morgan fingerprint density at radius 3 is 2.56 bits per heavy atom. The summed E-state index contributed by atoms with van der Waals surface area (Å²) in [6, 6.07) is 13.4. The first kappa shape index (κ1) is 20.5. The number of para-hydroxylation sites is 2. The van der Waals surface area contributed by atoms with Crippen molar-refractivity contribution >= 4 is 32.8 Å². The zero-order chi connectivity index (χ0) is 22.5. The minimum atomic E-state index is -3.65. The van der Waals surface area contributed by atoms with Gasteiger partial charge in [-0.25, -0.2) is 13.2 Å². The Balaban J connectivity index is 1.30. The Morgan fingerprint density at radius 1 is 1.09 bits per heavy atom. The van der Waals surface area contributed by atoms with Gasteiger partial charge in [-0.3, -0.25) is 19.1 Å². The van der Waals surface area contributed by atoms with E-state index in [2.05, 4.69) is 14.7 Å². The van der Waals surface area contributed by atoms with Crippen LogP contribution in [-0.4, -0.2) is 53.7 Å². The Hall–Kier alpha value is -3.40. The maximum absolute atomic E-state index is 13.0. The lowest BCUT2D eigenvalue weighted by Gasteiger charge is -2.33. The largest absolute Gasteiger partial charge is 0.341 e. The molecule has 0 bridgehead atoms. The monoisotopic (exact) mass is 453 g/mol. The molecule has 0 aliphatic carbocycles. The van der Waals surface area contributed by atoms with Gasteiger partial charge in [0.15, 0.2) is 0 Å². The van der Waals surface area contributed by atoms with E-state index in [9.17, 15) is 18.0 Å². The quantitative estimate of drug-likeness (QED) is 0.627.